The third-order valence-electron chi connectivity index (χ3n) is 12.1. The molecule has 5 nitrogen and oxygen atoms in total. The number of ether oxygens (including phenoxy) is 3. The molecule has 2 aliphatic heterocycles. The van der Waals surface area contributed by atoms with Crippen LogP contribution in [0.4, 0.5) is 0 Å². The van der Waals surface area contributed by atoms with E-state index in [1.54, 1.807) is 7.11 Å². The van der Waals surface area contributed by atoms with Crippen LogP contribution in [0.2, 0.25) is 0 Å². The fraction of sp³-hybridized carbons (Fsp3) is 0.800. The predicted molar refractivity (Wildman–Crippen MR) is 135 cm³/mol. The fourth-order valence-electron chi connectivity index (χ4n) is 9.73. The van der Waals surface area contributed by atoms with Crippen LogP contribution in [0.25, 0.3) is 0 Å². The van der Waals surface area contributed by atoms with Gasteiger partial charge in [0.15, 0.2) is 11.5 Å². The van der Waals surface area contributed by atoms with Crippen molar-refractivity contribution in [2.24, 2.45) is 22.7 Å². The Morgan fingerprint density at radius 3 is 2.54 bits per heavy atom. The van der Waals surface area contributed by atoms with Gasteiger partial charge in [-0.1, -0.05) is 26.8 Å². The Morgan fingerprint density at radius 2 is 1.89 bits per heavy atom. The zero-order valence-electron chi connectivity index (χ0n) is 22.4. The Labute approximate surface area is 210 Å². The monoisotopic (exact) mass is 481 g/mol. The van der Waals surface area contributed by atoms with E-state index in [0.717, 1.165) is 56.1 Å². The Hall–Kier alpha value is -1.30. The lowest BCUT2D eigenvalue weighted by atomic mass is 9.33. The average molecular weight is 482 g/mol. The van der Waals surface area contributed by atoms with Crippen molar-refractivity contribution in [1.29, 1.82) is 0 Å². The largest absolute Gasteiger partial charge is 0.493 e. The quantitative estimate of drug-likeness (QED) is 0.660. The minimum absolute atomic E-state index is 0.0112. The number of rotatable bonds is 5. The number of methoxy groups -OCH3 is 2. The molecule has 4 bridgehead atoms. The summed E-state index contributed by atoms with van der Waals surface area (Å²) >= 11 is 0. The molecule has 5 heteroatoms. The summed E-state index contributed by atoms with van der Waals surface area (Å²) in [6.07, 6.45) is 8.00. The molecule has 5 aliphatic carbocycles. The summed E-state index contributed by atoms with van der Waals surface area (Å²) in [4.78, 5) is 2.86. The molecule has 192 valence electrons. The van der Waals surface area contributed by atoms with Crippen molar-refractivity contribution in [2.75, 3.05) is 27.3 Å². The molecule has 5 fully saturated rings. The van der Waals surface area contributed by atoms with E-state index in [-0.39, 0.29) is 28.3 Å². The average Bonchev–Trinajstić information content (AvgIpc) is 3.56. The fourth-order valence-corrected chi connectivity index (χ4v) is 9.73. The molecular formula is C30H43NO4. The maximum Gasteiger partial charge on any atom is 0.165 e. The van der Waals surface area contributed by atoms with E-state index in [1.807, 2.05) is 7.11 Å². The van der Waals surface area contributed by atoms with Gasteiger partial charge in [-0.25, -0.2) is 0 Å². The first-order chi connectivity index (χ1) is 16.6. The standard InChI is InChI=1S/C30H43NO4/c1-26(2,3)27(4,32)21-16-28-11-12-30(21,34-6)25-29(28)13-14-31(17-18-7-8-18)22(28)15-19-9-10-20(33-5)24(35-25)23(19)29/h9-10,18,21-22,25,32H,7-8,11-17H2,1-6H3/t21?,22?,25-,27?,28?,29?,30?/m1/s1. The van der Waals surface area contributed by atoms with E-state index in [9.17, 15) is 5.11 Å². The molecule has 1 N–H and O–H groups in total. The van der Waals surface area contributed by atoms with Crippen molar-refractivity contribution in [3.63, 3.8) is 0 Å². The van der Waals surface area contributed by atoms with Crippen LogP contribution in [0.3, 0.4) is 0 Å². The van der Waals surface area contributed by atoms with Crippen molar-refractivity contribution in [3.05, 3.63) is 23.3 Å². The van der Waals surface area contributed by atoms with E-state index in [1.165, 1.54) is 30.5 Å². The molecule has 35 heavy (non-hydrogen) atoms. The second-order valence-corrected chi connectivity index (χ2v) is 14.0. The van der Waals surface area contributed by atoms with E-state index < -0.39 is 11.2 Å². The van der Waals surface area contributed by atoms with Gasteiger partial charge in [-0.3, -0.25) is 4.90 Å². The van der Waals surface area contributed by atoms with Gasteiger partial charge in [-0.05, 0) is 81.4 Å². The Morgan fingerprint density at radius 1 is 1.11 bits per heavy atom. The van der Waals surface area contributed by atoms with Crippen molar-refractivity contribution < 1.29 is 19.3 Å². The van der Waals surface area contributed by atoms with Crippen LogP contribution in [0.5, 0.6) is 11.5 Å². The molecule has 2 heterocycles. The third kappa shape index (κ3) is 2.47. The summed E-state index contributed by atoms with van der Waals surface area (Å²) < 4.78 is 19.6. The van der Waals surface area contributed by atoms with Crippen LogP contribution in [0, 0.1) is 22.7 Å². The van der Waals surface area contributed by atoms with Crippen LogP contribution >= 0.6 is 0 Å². The molecule has 8 rings (SSSR count). The molecule has 1 aromatic carbocycles. The molecule has 4 saturated carbocycles. The number of nitrogens with zero attached hydrogens (tertiary/aromatic N) is 1. The van der Waals surface area contributed by atoms with Gasteiger partial charge in [-0.15, -0.1) is 0 Å². The summed E-state index contributed by atoms with van der Waals surface area (Å²) in [6, 6.07) is 4.93. The third-order valence-corrected chi connectivity index (χ3v) is 12.1. The highest BCUT2D eigenvalue weighted by atomic mass is 16.6. The number of hydrogen-bond acceptors (Lipinski definition) is 5. The number of benzene rings is 1. The molecule has 1 aromatic rings. The number of aliphatic hydroxyl groups is 1. The Bertz CT molecular complexity index is 1070. The van der Waals surface area contributed by atoms with E-state index >= 15 is 0 Å². The smallest absolute Gasteiger partial charge is 0.165 e. The van der Waals surface area contributed by atoms with Gasteiger partial charge in [0.2, 0.25) is 0 Å². The molecule has 1 saturated heterocycles. The first-order valence-corrected chi connectivity index (χ1v) is 13.9. The maximum atomic E-state index is 12.3. The van der Waals surface area contributed by atoms with E-state index in [4.69, 9.17) is 14.2 Å². The molecule has 2 spiro atoms. The first-order valence-electron chi connectivity index (χ1n) is 13.9. The highest BCUT2D eigenvalue weighted by molar-refractivity contribution is 5.63. The van der Waals surface area contributed by atoms with Crippen molar-refractivity contribution >= 4 is 0 Å². The van der Waals surface area contributed by atoms with Crippen LogP contribution in [-0.4, -0.2) is 60.7 Å². The van der Waals surface area contributed by atoms with E-state index in [2.05, 4.69) is 44.7 Å². The van der Waals surface area contributed by atoms with Crippen LogP contribution in [-0.2, 0) is 16.6 Å². The topological polar surface area (TPSA) is 51.2 Å². The molecular weight excluding hydrogens is 438 g/mol. The zero-order valence-corrected chi connectivity index (χ0v) is 22.4. The predicted octanol–water partition coefficient (Wildman–Crippen LogP) is 4.72. The second kappa shape index (κ2) is 6.76. The normalized spacial score (nSPS) is 42.9. The van der Waals surface area contributed by atoms with Gasteiger partial charge in [0.1, 0.15) is 11.7 Å². The SMILES string of the molecule is COc1ccc2c3c1O[C@H]1C4(OC)CCC5(CC4C(C)(O)C(C)(C)C)C(C2)N(CC2CC2)CCC315. The molecule has 0 aromatic heterocycles. The number of fused-ring (bicyclic) bond motifs is 2. The number of hydrogen-bond donors (Lipinski definition) is 1. The molecule has 7 aliphatic rings. The molecule has 7 atom stereocenters. The maximum absolute atomic E-state index is 12.3. The minimum atomic E-state index is -0.879. The lowest BCUT2D eigenvalue weighted by Gasteiger charge is -2.75. The Kier molecular flexibility index (Phi) is 4.42. The molecule has 0 amide bonds. The van der Waals surface area contributed by atoms with Crippen LogP contribution < -0.4 is 9.47 Å². The van der Waals surface area contributed by atoms with E-state index in [0.29, 0.717) is 6.04 Å². The molecule has 6 unspecified atom stereocenters. The number of piperidine rings is 1. The number of likely N-dealkylation sites (tertiary alicyclic amines) is 1. The second-order valence-electron chi connectivity index (χ2n) is 14.0. The lowest BCUT2D eigenvalue weighted by molar-refractivity contribution is -0.312. The summed E-state index contributed by atoms with van der Waals surface area (Å²) in [7, 11) is 3.63. The van der Waals surface area contributed by atoms with Gasteiger partial charge < -0.3 is 19.3 Å². The lowest BCUT2D eigenvalue weighted by Crippen LogP contribution is -2.83. The van der Waals surface area contributed by atoms with Crippen molar-refractivity contribution in [3.8, 4) is 11.5 Å². The minimum Gasteiger partial charge on any atom is -0.493 e. The zero-order chi connectivity index (χ0) is 24.6. The van der Waals surface area contributed by atoms with Crippen molar-refractivity contribution in [1.82, 2.24) is 4.90 Å². The van der Waals surface area contributed by atoms with Crippen LogP contribution in [0.15, 0.2) is 12.1 Å². The summed E-state index contributed by atoms with van der Waals surface area (Å²) in [5, 5.41) is 12.3. The first kappa shape index (κ1) is 22.9. The highest BCUT2D eigenvalue weighted by Gasteiger charge is 2.82. The van der Waals surface area contributed by atoms with Gasteiger partial charge in [0.05, 0.1) is 12.7 Å². The van der Waals surface area contributed by atoms with Gasteiger partial charge in [0, 0.05) is 42.0 Å². The van der Waals surface area contributed by atoms with Gasteiger partial charge >= 0.3 is 0 Å². The summed E-state index contributed by atoms with van der Waals surface area (Å²) in [5.41, 5.74) is 1.26. The van der Waals surface area contributed by atoms with Crippen molar-refractivity contribution in [2.45, 2.75) is 101 Å². The molecule has 0 radical (unpaired) electrons. The van der Waals surface area contributed by atoms with Gasteiger partial charge in [-0.2, -0.15) is 0 Å². The summed E-state index contributed by atoms with van der Waals surface area (Å²) in [6.45, 7) is 11.0. The van der Waals surface area contributed by atoms with Crippen LogP contribution in [0.1, 0.15) is 77.3 Å². The Balaban J connectivity index is 1.48. The highest BCUT2D eigenvalue weighted by Crippen LogP contribution is 2.78. The van der Waals surface area contributed by atoms with Gasteiger partial charge in [0.25, 0.3) is 0 Å². The summed E-state index contributed by atoms with van der Waals surface area (Å²) in [5.74, 6) is 2.71.